The highest BCUT2D eigenvalue weighted by molar-refractivity contribution is 5.97. The van der Waals surface area contributed by atoms with Crippen molar-refractivity contribution in [3.63, 3.8) is 0 Å². The topological polar surface area (TPSA) is 59.8 Å². The predicted molar refractivity (Wildman–Crippen MR) is 135 cm³/mol. The maximum atomic E-state index is 10.3. The van der Waals surface area contributed by atoms with Gasteiger partial charge >= 0.3 is 0 Å². The van der Waals surface area contributed by atoms with Crippen LogP contribution in [0.2, 0.25) is 0 Å². The lowest BCUT2D eigenvalue weighted by atomic mass is 9.74. The summed E-state index contributed by atoms with van der Waals surface area (Å²) in [7, 11) is 0. The summed E-state index contributed by atoms with van der Waals surface area (Å²) >= 11 is 0. The summed E-state index contributed by atoms with van der Waals surface area (Å²) in [5, 5.41) is 13.9. The standard InChI is InChI=1S/C17H29N3.C11H9NO/c1-3-20-16(12-10-14-7-5-4-6-8-14)18-19-17(20)15-11-9-13(15)2;13-8-12-11-7-3-5-9-4-1-2-6-10(9)11/h13-15H,3-12H2,1-2H3;1-8H,(H,12,13)/t13-,15?;/m1./s1. The summed E-state index contributed by atoms with van der Waals surface area (Å²) in [5.74, 6) is 4.93. The average Bonchev–Trinajstić information content (AvgIpc) is 3.25. The zero-order chi connectivity index (χ0) is 23.0. The molecule has 2 saturated carbocycles. The Morgan fingerprint density at radius 1 is 1.00 bits per heavy atom. The van der Waals surface area contributed by atoms with Gasteiger partial charge in [-0.25, -0.2) is 0 Å². The average molecular weight is 447 g/mol. The van der Waals surface area contributed by atoms with Crippen molar-refractivity contribution in [3.8, 4) is 0 Å². The van der Waals surface area contributed by atoms with Crippen molar-refractivity contribution in [2.75, 3.05) is 5.32 Å². The SMILES string of the molecule is CCn1c(CCC2CCCCC2)nnc1C1CC[C@H]1C.O=CNc1cccc2ccccc12. The maximum absolute atomic E-state index is 10.3. The number of hydrogen-bond acceptors (Lipinski definition) is 3. The highest BCUT2D eigenvalue weighted by atomic mass is 16.1. The second-order valence-corrected chi connectivity index (χ2v) is 9.71. The van der Waals surface area contributed by atoms with E-state index in [9.17, 15) is 4.79 Å². The van der Waals surface area contributed by atoms with Crippen LogP contribution in [0.1, 0.15) is 82.8 Å². The van der Waals surface area contributed by atoms with Crippen molar-refractivity contribution >= 4 is 22.9 Å². The number of aromatic nitrogens is 3. The molecule has 1 unspecified atom stereocenters. The van der Waals surface area contributed by atoms with Crippen LogP contribution in [0.15, 0.2) is 42.5 Å². The van der Waals surface area contributed by atoms with E-state index < -0.39 is 0 Å². The Bertz CT molecular complexity index is 1030. The molecule has 2 fully saturated rings. The fourth-order valence-corrected chi connectivity index (χ4v) is 5.43. The van der Waals surface area contributed by atoms with Crippen LogP contribution in [0.25, 0.3) is 10.8 Å². The van der Waals surface area contributed by atoms with Crippen molar-refractivity contribution in [1.29, 1.82) is 0 Å². The van der Waals surface area contributed by atoms with E-state index in [0.717, 1.165) is 41.3 Å². The van der Waals surface area contributed by atoms with E-state index in [1.54, 1.807) is 0 Å². The van der Waals surface area contributed by atoms with Gasteiger partial charge in [0, 0.05) is 30.0 Å². The van der Waals surface area contributed by atoms with E-state index >= 15 is 0 Å². The van der Waals surface area contributed by atoms with Gasteiger partial charge in [0.2, 0.25) is 6.41 Å². The van der Waals surface area contributed by atoms with Crippen molar-refractivity contribution in [1.82, 2.24) is 14.8 Å². The molecule has 0 saturated heterocycles. The van der Waals surface area contributed by atoms with Crippen LogP contribution in [-0.2, 0) is 17.8 Å². The third kappa shape index (κ3) is 5.63. The smallest absolute Gasteiger partial charge is 0.211 e. The number of anilines is 1. The molecule has 3 aromatic rings. The number of nitrogens with zero attached hydrogens (tertiary/aromatic N) is 3. The van der Waals surface area contributed by atoms with E-state index in [0.29, 0.717) is 12.3 Å². The van der Waals surface area contributed by atoms with E-state index in [4.69, 9.17) is 0 Å². The molecule has 0 aliphatic heterocycles. The third-order valence-corrected chi connectivity index (χ3v) is 7.63. The Kier molecular flexibility index (Phi) is 8.14. The summed E-state index contributed by atoms with van der Waals surface area (Å²) in [4.78, 5) is 10.3. The Morgan fingerprint density at radius 3 is 2.48 bits per heavy atom. The van der Waals surface area contributed by atoms with Gasteiger partial charge in [-0.05, 0) is 49.5 Å². The quantitative estimate of drug-likeness (QED) is 0.409. The lowest BCUT2D eigenvalue weighted by Crippen LogP contribution is -2.24. The zero-order valence-corrected chi connectivity index (χ0v) is 20.2. The minimum Gasteiger partial charge on any atom is -0.328 e. The van der Waals surface area contributed by atoms with E-state index in [1.165, 1.54) is 63.0 Å². The number of fused-ring (bicyclic) bond motifs is 1. The fraction of sp³-hybridized carbons (Fsp3) is 0.536. The Morgan fingerprint density at radius 2 is 1.79 bits per heavy atom. The fourth-order valence-electron chi connectivity index (χ4n) is 5.43. The molecular formula is C28H38N4O. The predicted octanol–water partition coefficient (Wildman–Crippen LogP) is 6.73. The molecule has 5 rings (SSSR count). The van der Waals surface area contributed by atoms with Gasteiger partial charge in [0.15, 0.2) is 0 Å². The first-order valence-corrected chi connectivity index (χ1v) is 12.8. The lowest BCUT2D eigenvalue weighted by molar-refractivity contribution is -0.105. The minimum atomic E-state index is 0.672. The van der Waals surface area contributed by atoms with Crippen molar-refractivity contribution in [2.24, 2.45) is 11.8 Å². The minimum absolute atomic E-state index is 0.672. The summed E-state index contributed by atoms with van der Waals surface area (Å²) in [6.45, 7) is 5.62. The largest absolute Gasteiger partial charge is 0.328 e. The van der Waals surface area contributed by atoms with Crippen LogP contribution in [0.5, 0.6) is 0 Å². The molecule has 2 aromatic carbocycles. The number of nitrogens with one attached hydrogen (secondary N) is 1. The first-order valence-electron chi connectivity index (χ1n) is 12.8. The van der Waals surface area contributed by atoms with Crippen molar-refractivity contribution in [2.45, 2.75) is 84.1 Å². The van der Waals surface area contributed by atoms with Crippen LogP contribution >= 0.6 is 0 Å². The summed E-state index contributed by atoms with van der Waals surface area (Å²) in [5.41, 5.74) is 0.855. The number of aryl methyl sites for hydroxylation is 1. The second kappa shape index (κ2) is 11.4. The Hall–Kier alpha value is -2.69. The highest BCUT2D eigenvalue weighted by Gasteiger charge is 2.32. The van der Waals surface area contributed by atoms with Gasteiger partial charge < -0.3 is 9.88 Å². The molecule has 1 N–H and O–H groups in total. The van der Waals surface area contributed by atoms with Gasteiger partial charge in [0.25, 0.3) is 0 Å². The molecule has 0 bridgehead atoms. The van der Waals surface area contributed by atoms with Crippen LogP contribution in [-0.4, -0.2) is 21.2 Å². The van der Waals surface area contributed by atoms with Crippen LogP contribution < -0.4 is 5.32 Å². The van der Waals surface area contributed by atoms with Crippen molar-refractivity contribution in [3.05, 3.63) is 54.1 Å². The van der Waals surface area contributed by atoms with Gasteiger partial charge in [-0.15, -0.1) is 10.2 Å². The molecule has 5 heteroatoms. The molecule has 5 nitrogen and oxygen atoms in total. The van der Waals surface area contributed by atoms with E-state index in [2.05, 4.69) is 33.9 Å². The molecule has 1 heterocycles. The Balaban J connectivity index is 0.000000172. The number of benzene rings is 2. The third-order valence-electron chi connectivity index (χ3n) is 7.63. The molecule has 2 atom stereocenters. The molecule has 1 amide bonds. The molecule has 176 valence electrons. The monoisotopic (exact) mass is 446 g/mol. The maximum Gasteiger partial charge on any atom is 0.211 e. The van der Waals surface area contributed by atoms with Crippen molar-refractivity contribution < 1.29 is 4.79 Å². The molecule has 2 aliphatic rings. The summed E-state index contributed by atoms with van der Waals surface area (Å²) < 4.78 is 2.41. The molecule has 0 radical (unpaired) electrons. The number of rotatable bonds is 7. The van der Waals surface area contributed by atoms with Crippen LogP contribution in [0.3, 0.4) is 0 Å². The zero-order valence-electron chi connectivity index (χ0n) is 20.2. The van der Waals surface area contributed by atoms with Gasteiger partial charge in [-0.1, -0.05) is 75.4 Å². The summed E-state index contributed by atoms with van der Waals surface area (Å²) in [6.07, 6.45) is 13.0. The first kappa shape index (κ1) is 23.5. The van der Waals surface area contributed by atoms with Gasteiger partial charge in [-0.3, -0.25) is 4.79 Å². The molecule has 33 heavy (non-hydrogen) atoms. The van der Waals surface area contributed by atoms with Gasteiger partial charge in [0.1, 0.15) is 11.6 Å². The second-order valence-electron chi connectivity index (χ2n) is 9.71. The molecule has 0 spiro atoms. The summed E-state index contributed by atoms with van der Waals surface area (Å²) in [6, 6.07) is 13.8. The van der Waals surface area contributed by atoms with E-state index in [-0.39, 0.29) is 0 Å². The molecule has 2 aliphatic carbocycles. The lowest BCUT2D eigenvalue weighted by Gasteiger charge is -2.33. The number of carbonyl (C=O) groups is 1. The molecule has 1 aromatic heterocycles. The first-order chi connectivity index (χ1) is 16.2. The van der Waals surface area contributed by atoms with Gasteiger partial charge in [0.05, 0.1) is 0 Å². The van der Waals surface area contributed by atoms with Crippen LogP contribution in [0.4, 0.5) is 5.69 Å². The number of carbonyl (C=O) groups excluding carboxylic acids is 1. The van der Waals surface area contributed by atoms with E-state index in [1.807, 2.05) is 42.5 Å². The van der Waals surface area contributed by atoms with Gasteiger partial charge in [-0.2, -0.15) is 0 Å². The number of hydrogen-bond donors (Lipinski definition) is 1. The van der Waals surface area contributed by atoms with Crippen LogP contribution in [0, 0.1) is 11.8 Å². The molecular weight excluding hydrogens is 408 g/mol. The highest BCUT2D eigenvalue weighted by Crippen LogP contribution is 2.41. The Labute approximate surface area is 198 Å². The number of amides is 1. The normalized spacial score (nSPS) is 20.5.